The van der Waals surface area contributed by atoms with E-state index in [0.29, 0.717) is 12.4 Å². The first-order chi connectivity index (χ1) is 10.3. The highest BCUT2D eigenvalue weighted by atomic mass is 16.5. The van der Waals surface area contributed by atoms with Gasteiger partial charge >= 0.3 is 0 Å². The van der Waals surface area contributed by atoms with Gasteiger partial charge in [0.1, 0.15) is 18.2 Å². The molecule has 21 heavy (non-hydrogen) atoms. The van der Waals surface area contributed by atoms with Gasteiger partial charge in [0.25, 0.3) is 0 Å². The number of pyridine rings is 1. The monoisotopic (exact) mass is 276 g/mol. The second-order valence-corrected chi connectivity index (χ2v) is 4.73. The Balaban J connectivity index is 1.68. The maximum atomic E-state index is 5.72. The lowest BCUT2D eigenvalue weighted by Crippen LogP contribution is -2.00. The molecule has 3 nitrogen and oxygen atoms in total. The van der Waals surface area contributed by atoms with Gasteiger partial charge in [0.2, 0.25) is 0 Å². The Morgan fingerprint density at radius 2 is 1.48 bits per heavy atom. The zero-order valence-electron chi connectivity index (χ0n) is 11.6. The lowest BCUT2D eigenvalue weighted by molar-refractivity contribution is 0.301. The molecular weight excluding hydrogens is 260 g/mol. The van der Waals surface area contributed by atoms with Crippen LogP contribution in [0.3, 0.4) is 0 Å². The third-order valence-corrected chi connectivity index (χ3v) is 3.18. The van der Waals surface area contributed by atoms with Gasteiger partial charge in [-0.15, -0.1) is 0 Å². The summed E-state index contributed by atoms with van der Waals surface area (Å²) >= 11 is 0. The highest BCUT2D eigenvalue weighted by Crippen LogP contribution is 2.22. The van der Waals surface area contributed by atoms with Gasteiger partial charge in [-0.05, 0) is 35.4 Å². The maximum absolute atomic E-state index is 5.72. The number of nitrogens with zero attached hydrogens (tertiary/aromatic N) is 1. The summed E-state index contributed by atoms with van der Waals surface area (Å²) in [5, 5.41) is 0. The molecule has 2 N–H and O–H groups in total. The molecule has 0 atom stereocenters. The van der Waals surface area contributed by atoms with Crippen molar-refractivity contribution < 1.29 is 4.74 Å². The van der Waals surface area contributed by atoms with Crippen LogP contribution in [0.2, 0.25) is 0 Å². The lowest BCUT2D eigenvalue weighted by atomic mass is 10.1. The number of benzene rings is 2. The Bertz CT molecular complexity index is 709. The standard InChI is InChI=1S/C18H16N2O/c19-18-8-4-7-16(20-18)13-21-17-11-9-15(10-12-17)14-5-2-1-3-6-14/h1-12H,13H2,(H2,19,20). The minimum atomic E-state index is 0.412. The van der Waals surface area contributed by atoms with Crippen molar-refractivity contribution in [1.29, 1.82) is 0 Å². The number of aromatic nitrogens is 1. The molecule has 0 aliphatic heterocycles. The molecular formula is C18H16N2O. The van der Waals surface area contributed by atoms with E-state index in [1.807, 2.05) is 42.5 Å². The number of ether oxygens (including phenoxy) is 1. The van der Waals surface area contributed by atoms with Gasteiger partial charge in [0, 0.05) is 0 Å². The summed E-state index contributed by atoms with van der Waals surface area (Å²) in [6.07, 6.45) is 0. The van der Waals surface area contributed by atoms with Crippen molar-refractivity contribution in [3.05, 3.63) is 78.5 Å². The number of hydrogen-bond donors (Lipinski definition) is 1. The molecule has 0 bridgehead atoms. The molecule has 104 valence electrons. The van der Waals surface area contributed by atoms with Crippen LogP contribution in [-0.4, -0.2) is 4.98 Å². The van der Waals surface area contributed by atoms with E-state index in [1.165, 1.54) is 11.1 Å². The van der Waals surface area contributed by atoms with Crippen molar-refractivity contribution in [3.8, 4) is 16.9 Å². The average molecular weight is 276 g/mol. The van der Waals surface area contributed by atoms with Crippen LogP contribution in [0.4, 0.5) is 5.82 Å². The Labute approximate surface area is 124 Å². The summed E-state index contributed by atoms with van der Waals surface area (Å²) in [6.45, 7) is 0.412. The summed E-state index contributed by atoms with van der Waals surface area (Å²) in [6, 6.07) is 23.8. The van der Waals surface area contributed by atoms with Crippen LogP contribution < -0.4 is 10.5 Å². The average Bonchev–Trinajstić information content (AvgIpc) is 2.54. The third-order valence-electron chi connectivity index (χ3n) is 3.18. The normalized spacial score (nSPS) is 10.3. The smallest absolute Gasteiger partial charge is 0.130 e. The van der Waals surface area contributed by atoms with Gasteiger partial charge in [0.15, 0.2) is 0 Å². The zero-order chi connectivity index (χ0) is 14.5. The van der Waals surface area contributed by atoms with E-state index in [1.54, 1.807) is 6.07 Å². The molecule has 3 rings (SSSR count). The molecule has 3 heteroatoms. The number of nitrogens with two attached hydrogens (primary N) is 1. The number of nitrogen functional groups attached to an aromatic ring is 1. The molecule has 0 fully saturated rings. The van der Waals surface area contributed by atoms with E-state index < -0.39 is 0 Å². The first-order valence-electron chi connectivity index (χ1n) is 6.81. The summed E-state index contributed by atoms with van der Waals surface area (Å²) in [4.78, 5) is 4.21. The van der Waals surface area contributed by atoms with Gasteiger partial charge < -0.3 is 10.5 Å². The van der Waals surface area contributed by atoms with Crippen molar-refractivity contribution in [3.63, 3.8) is 0 Å². The highest BCUT2D eigenvalue weighted by molar-refractivity contribution is 5.63. The van der Waals surface area contributed by atoms with Crippen molar-refractivity contribution in [2.24, 2.45) is 0 Å². The summed E-state index contributed by atoms with van der Waals surface area (Å²) in [7, 11) is 0. The van der Waals surface area contributed by atoms with Gasteiger partial charge in [-0.1, -0.05) is 48.5 Å². The molecule has 0 saturated carbocycles. The lowest BCUT2D eigenvalue weighted by Gasteiger charge is -2.07. The predicted molar refractivity (Wildman–Crippen MR) is 84.9 cm³/mol. The molecule has 0 unspecified atom stereocenters. The molecule has 0 amide bonds. The van der Waals surface area contributed by atoms with Crippen LogP contribution in [0.5, 0.6) is 5.75 Å². The molecule has 0 aliphatic carbocycles. The first kappa shape index (κ1) is 13.2. The molecule has 1 heterocycles. The number of anilines is 1. The van der Waals surface area contributed by atoms with Crippen LogP contribution in [-0.2, 0) is 6.61 Å². The topological polar surface area (TPSA) is 48.1 Å². The molecule has 0 aliphatic rings. The highest BCUT2D eigenvalue weighted by Gasteiger charge is 2.00. The van der Waals surface area contributed by atoms with Gasteiger partial charge in [0.05, 0.1) is 5.69 Å². The predicted octanol–water partition coefficient (Wildman–Crippen LogP) is 3.91. The molecule has 0 spiro atoms. The Morgan fingerprint density at radius 3 is 2.19 bits per heavy atom. The second kappa shape index (κ2) is 6.09. The summed E-state index contributed by atoms with van der Waals surface area (Å²) < 4.78 is 5.72. The number of hydrogen-bond acceptors (Lipinski definition) is 3. The van der Waals surface area contributed by atoms with E-state index in [-0.39, 0.29) is 0 Å². The summed E-state index contributed by atoms with van der Waals surface area (Å²) in [5.41, 5.74) is 8.83. The van der Waals surface area contributed by atoms with Crippen LogP contribution in [0, 0.1) is 0 Å². The van der Waals surface area contributed by atoms with Gasteiger partial charge in [-0.3, -0.25) is 0 Å². The Kier molecular flexibility index (Phi) is 3.83. The fourth-order valence-corrected chi connectivity index (χ4v) is 2.11. The van der Waals surface area contributed by atoms with Gasteiger partial charge in [-0.25, -0.2) is 4.98 Å². The SMILES string of the molecule is Nc1cccc(COc2ccc(-c3ccccc3)cc2)n1. The van der Waals surface area contributed by atoms with Crippen molar-refractivity contribution in [2.45, 2.75) is 6.61 Å². The second-order valence-electron chi connectivity index (χ2n) is 4.73. The van der Waals surface area contributed by atoms with Crippen LogP contribution in [0.25, 0.3) is 11.1 Å². The maximum Gasteiger partial charge on any atom is 0.130 e. The number of rotatable bonds is 4. The van der Waals surface area contributed by atoms with E-state index in [9.17, 15) is 0 Å². The van der Waals surface area contributed by atoms with E-state index >= 15 is 0 Å². The molecule has 0 radical (unpaired) electrons. The zero-order valence-corrected chi connectivity index (χ0v) is 11.6. The fraction of sp³-hybridized carbons (Fsp3) is 0.0556. The minimum absolute atomic E-state index is 0.412. The van der Waals surface area contributed by atoms with Crippen LogP contribution >= 0.6 is 0 Å². The Morgan fingerprint density at radius 1 is 0.762 bits per heavy atom. The third kappa shape index (κ3) is 3.39. The van der Waals surface area contributed by atoms with Crippen molar-refractivity contribution in [2.75, 3.05) is 5.73 Å². The molecule has 0 saturated heterocycles. The molecule has 1 aromatic heterocycles. The van der Waals surface area contributed by atoms with Crippen LogP contribution in [0.1, 0.15) is 5.69 Å². The van der Waals surface area contributed by atoms with Gasteiger partial charge in [-0.2, -0.15) is 0 Å². The van der Waals surface area contributed by atoms with Crippen LogP contribution in [0.15, 0.2) is 72.8 Å². The largest absolute Gasteiger partial charge is 0.487 e. The molecule has 3 aromatic rings. The fourth-order valence-electron chi connectivity index (χ4n) is 2.11. The Hall–Kier alpha value is -2.81. The van der Waals surface area contributed by atoms with Crippen molar-refractivity contribution in [1.82, 2.24) is 4.98 Å². The van der Waals surface area contributed by atoms with E-state index in [0.717, 1.165) is 11.4 Å². The summed E-state index contributed by atoms with van der Waals surface area (Å²) in [5.74, 6) is 1.33. The molecule has 2 aromatic carbocycles. The quantitative estimate of drug-likeness (QED) is 0.786. The van der Waals surface area contributed by atoms with Crippen molar-refractivity contribution >= 4 is 5.82 Å². The van der Waals surface area contributed by atoms with E-state index in [2.05, 4.69) is 29.2 Å². The first-order valence-corrected chi connectivity index (χ1v) is 6.81. The minimum Gasteiger partial charge on any atom is -0.487 e. The van der Waals surface area contributed by atoms with E-state index in [4.69, 9.17) is 10.5 Å².